The van der Waals surface area contributed by atoms with E-state index in [1.165, 1.54) is 18.5 Å². The van der Waals surface area contributed by atoms with Crippen molar-refractivity contribution in [3.05, 3.63) is 18.0 Å². The summed E-state index contributed by atoms with van der Waals surface area (Å²) in [7, 11) is 1.96. The molecule has 1 aliphatic rings. The summed E-state index contributed by atoms with van der Waals surface area (Å²) < 4.78 is 1.89. The minimum Gasteiger partial charge on any atom is -0.391 e. The van der Waals surface area contributed by atoms with Gasteiger partial charge < -0.3 is 5.11 Å². The van der Waals surface area contributed by atoms with Crippen molar-refractivity contribution in [2.45, 2.75) is 57.6 Å². The molecule has 0 amide bonds. The van der Waals surface area contributed by atoms with E-state index in [0.717, 1.165) is 32.4 Å². The van der Waals surface area contributed by atoms with Crippen molar-refractivity contribution in [2.75, 3.05) is 13.1 Å². The van der Waals surface area contributed by atoms with Gasteiger partial charge in [0.15, 0.2) is 0 Å². The third kappa shape index (κ3) is 3.00. The molecule has 1 aromatic heterocycles. The smallest absolute Gasteiger partial charge is 0.0724 e. The lowest BCUT2D eigenvalue weighted by atomic mass is 9.86. The first kappa shape index (κ1) is 14.5. The molecule has 0 bridgehead atoms. The van der Waals surface area contributed by atoms with Gasteiger partial charge >= 0.3 is 0 Å². The molecule has 2 heterocycles. The van der Waals surface area contributed by atoms with Gasteiger partial charge in [-0.25, -0.2) is 0 Å². The molecule has 0 aliphatic carbocycles. The second-order valence-electron chi connectivity index (χ2n) is 5.91. The number of aliphatic hydroxyl groups excluding tert-OH is 1. The summed E-state index contributed by atoms with van der Waals surface area (Å²) in [4.78, 5) is 2.47. The fourth-order valence-corrected chi connectivity index (χ4v) is 3.14. The molecular weight excluding hydrogens is 238 g/mol. The Bertz CT molecular complexity index is 398. The Hall–Kier alpha value is -0.870. The van der Waals surface area contributed by atoms with Gasteiger partial charge in [0.25, 0.3) is 0 Å². The molecule has 1 aromatic rings. The van der Waals surface area contributed by atoms with Crippen LogP contribution >= 0.6 is 0 Å². The van der Waals surface area contributed by atoms with Crippen LogP contribution in [0.25, 0.3) is 0 Å². The van der Waals surface area contributed by atoms with Crippen molar-refractivity contribution >= 4 is 0 Å². The third-order valence-corrected chi connectivity index (χ3v) is 4.86. The van der Waals surface area contributed by atoms with Crippen molar-refractivity contribution in [3.8, 4) is 0 Å². The predicted molar refractivity (Wildman–Crippen MR) is 77.0 cm³/mol. The highest BCUT2D eigenvalue weighted by molar-refractivity contribution is 5.02. The van der Waals surface area contributed by atoms with Gasteiger partial charge in [0.2, 0.25) is 0 Å². The van der Waals surface area contributed by atoms with E-state index in [1.807, 2.05) is 24.0 Å². The van der Waals surface area contributed by atoms with Gasteiger partial charge in [-0.1, -0.05) is 6.92 Å². The zero-order valence-electron chi connectivity index (χ0n) is 12.5. The molecule has 1 saturated heterocycles. The molecule has 0 spiro atoms. The summed E-state index contributed by atoms with van der Waals surface area (Å²) in [6.07, 6.45) is 6.78. The average molecular weight is 265 g/mol. The number of aliphatic hydroxyl groups is 1. The van der Waals surface area contributed by atoms with Gasteiger partial charge in [-0.15, -0.1) is 0 Å². The van der Waals surface area contributed by atoms with Crippen molar-refractivity contribution in [1.82, 2.24) is 14.7 Å². The molecule has 1 aliphatic heterocycles. The first-order chi connectivity index (χ1) is 9.08. The van der Waals surface area contributed by atoms with Crippen LogP contribution in [0.3, 0.4) is 0 Å². The Morgan fingerprint density at radius 2 is 2.11 bits per heavy atom. The third-order valence-electron chi connectivity index (χ3n) is 4.86. The van der Waals surface area contributed by atoms with Crippen LogP contribution in [0, 0.1) is 0 Å². The van der Waals surface area contributed by atoms with Gasteiger partial charge in [-0.3, -0.25) is 9.58 Å². The molecule has 0 radical (unpaired) electrons. The van der Waals surface area contributed by atoms with Crippen LogP contribution in [-0.4, -0.2) is 44.5 Å². The molecule has 2 atom stereocenters. The highest BCUT2D eigenvalue weighted by Crippen LogP contribution is 2.29. The lowest BCUT2D eigenvalue weighted by molar-refractivity contribution is -0.0165. The average Bonchev–Trinajstić information content (AvgIpc) is 3.06. The van der Waals surface area contributed by atoms with E-state index in [4.69, 9.17) is 0 Å². The van der Waals surface area contributed by atoms with Gasteiger partial charge in [0, 0.05) is 24.5 Å². The summed E-state index contributed by atoms with van der Waals surface area (Å²) in [5.74, 6) is 0. The SMILES string of the molecule is CCC(C)(C(O)CCc1ccnn1C)N1CCCC1. The van der Waals surface area contributed by atoms with E-state index in [-0.39, 0.29) is 11.6 Å². The predicted octanol–water partition coefficient (Wildman–Crippen LogP) is 1.98. The van der Waals surface area contributed by atoms with E-state index in [0.29, 0.717) is 0 Å². The summed E-state index contributed by atoms with van der Waals surface area (Å²) in [6, 6.07) is 2.03. The molecule has 0 aromatic carbocycles. The minimum atomic E-state index is -0.273. The normalized spacial score (nSPS) is 21.5. The van der Waals surface area contributed by atoms with E-state index < -0.39 is 0 Å². The Morgan fingerprint density at radius 3 is 2.63 bits per heavy atom. The van der Waals surface area contributed by atoms with Crippen LogP contribution < -0.4 is 0 Å². The molecule has 108 valence electrons. The molecule has 2 unspecified atom stereocenters. The molecule has 4 heteroatoms. The van der Waals surface area contributed by atoms with Gasteiger partial charge in [0.05, 0.1) is 6.10 Å². The first-order valence-electron chi connectivity index (χ1n) is 7.48. The Kier molecular flexibility index (Phi) is 4.63. The summed E-state index contributed by atoms with van der Waals surface area (Å²) in [5, 5.41) is 14.8. The first-order valence-corrected chi connectivity index (χ1v) is 7.48. The van der Waals surface area contributed by atoms with Crippen LogP contribution in [-0.2, 0) is 13.5 Å². The molecule has 0 saturated carbocycles. The van der Waals surface area contributed by atoms with E-state index in [2.05, 4.69) is 23.8 Å². The van der Waals surface area contributed by atoms with Crippen molar-refractivity contribution in [3.63, 3.8) is 0 Å². The quantitative estimate of drug-likeness (QED) is 0.855. The second-order valence-corrected chi connectivity index (χ2v) is 5.91. The van der Waals surface area contributed by atoms with Crippen LogP contribution in [0.15, 0.2) is 12.3 Å². The van der Waals surface area contributed by atoms with E-state index in [9.17, 15) is 5.11 Å². The van der Waals surface area contributed by atoms with Crippen LogP contribution in [0.4, 0.5) is 0 Å². The molecule has 4 nitrogen and oxygen atoms in total. The molecule has 1 N–H and O–H groups in total. The summed E-state index contributed by atoms with van der Waals surface area (Å²) in [5.41, 5.74) is 1.12. The topological polar surface area (TPSA) is 41.3 Å². The van der Waals surface area contributed by atoms with Crippen molar-refractivity contribution in [1.29, 1.82) is 0 Å². The maximum absolute atomic E-state index is 10.6. The number of rotatable bonds is 6. The number of nitrogens with zero attached hydrogens (tertiary/aromatic N) is 3. The standard InChI is InChI=1S/C15H27N3O/c1-4-15(2,18-11-5-6-12-18)14(19)8-7-13-9-10-16-17(13)3/h9-10,14,19H,4-8,11-12H2,1-3H3. The Balaban J connectivity index is 1.96. The zero-order chi connectivity index (χ0) is 13.9. The number of aryl methyl sites for hydroxylation is 2. The lowest BCUT2D eigenvalue weighted by Gasteiger charge is -2.42. The van der Waals surface area contributed by atoms with Crippen molar-refractivity contribution < 1.29 is 5.11 Å². The van der Waals surface area contributed by atoms with E-state index >= 15 is 0 Å². The monoisotopic (exact) mass is 265 g/mol. The van der Waals surface area contributed by atoms with Gasteiger partial charge in [-0.05, 0) is 58.2 Å². The maximum atomic E-state index is 10.6. The lowest BCUT2D eigenvalue weighted by Crippen LogP contribution is -2.53. The Morgan fingerprint density at radius 1 is 1.42 bits per heavy atom. The highest BCUT2D eigenvalue weighted by Gasteiger charge is 2.38. The molecule has 1 fully saturated rings. The van der Waals surface area contributed by atoms with Gasteiger partial charge in [-0.2, -0.15) is 5.10 Å². The fourth-order valence-electron chi connectivity index (χ4n) is 3.14. The van der Waals surface area contributed by atoms with E-state index in [1.54, 1.807) is 0 Å². The number of hydrogen-bond donors (Lipinski definition) is 1. The zero-order valence-corrected chi connectivity index (χ0v) is 12.5. The Labute approximate surface area is 116 Å². The minimum absolute atomic E-state index is 0.0743. The number of aromatic nitrogens is 2. The van der Waals surface area contributed by atoms with Crippen molar-refractivity contribution in [2.24, 2.45) is 7.05 Å². The maximum Gasteiger partial charge on any atom is 0.0724 e. The van der Waals surface area contributed by atoms with Crippen LogP contribution in [0.1, 0.15) is 45.2 Å². The molecule has 19 heavy (non-hydrogen) atoms. The van der Waals surface area contributed by atoms with Crippen LogP contribution in [0.2, 0.25) is 0 Å². The molecular formula is C15H27N3O. The fraction of sp³-hybridized carbons (Fsp3) is 0.800. The second kappa shape index (κ2) is 6.06. The number of hydrogen-bond acceptors (Lipinski definition) is 3. The number of likely N-dealkylation sites (tertiary alicyclic amines) is 1. The summed E-state index contributed by atoms with van der Waals surface area (Å²) in [6.45, 7) is 6.66. The van der Waals surface area contributed by atoms with Gasteiger partial charge in [0.1, 0.15) is 0 Å². The largest absolute Gasteiger partial charge is 0.391 e. The molecule has 2 rings (SSSR count). The highest BCUT2D eigenvalue weighted by atomic mass is 16.3. The van der Waals surface area contributed by atoms with Crippen LogP contribution in [0.5, 0.6) is 0 Å². The summed E-state index contributed by atoms with van der Waals surface area (Å²) >= 11 is 0.